The van der Waals surface area contributed by atoms with Crippen LogP contribution in [0.5, 0.6) is 0 Å². The average molecular weight is 242 g/mol. The SMILES string of the molecule is C=CCN(CC=C)CC1(c2ccc(N)cc2)CC1. The molecule has 0 atom stereocenters. The Morgan fingerprint density at radius 3 is 2.11 bits per heavy atom. The predicted molar refractivity (Wildman–Crippen MR) is 78.6 cm³/mol. The third kappa shape index (κ3) is 2.82. The molecular weight excluding hydrogens is 220 g/mol. The van der Waals surface area contributed by atoms with Crippen molar-refractivity contribution < 1.29 is 0 Å². The third-order valence-electron chi connectivity index (χ3n) is 3.68. The average Bonchev–Trinajstić information content (AvgIpc) is 3.11. The van der Waals surface area contributed by atoms with E-state index in [4.69, 9.17) is 5.73 Å². The van der Waals surface area contributed by atoms with E-state index in [9.17, 15) is 0 Å². The van der Waals surface area contributed by atoms with Crippen LogP contribution in [0.3, 0.4) is 0 Å². The molecule has 1 aliphatic rings. The Balaban J connectivity index is 2.08. The maximum absolute atomic E-state index is 5.75. The van der Waals surface area contributed by atoms with Crippen LogP contribution in [0.4, 0.5) is 5.69 Å². The van der Waals surface area contributed by atoms with Crippen LogP contribution in [0.2, 0.25) is 0 Å². The summed E-state index contributed by atoms with van der Waals surface area (Å²) in [5.74, 6) is 0. The van der Waals surface area contributed by atoms with Gasteiger partial charge in [-0.15, -0.1) is 13.2 Å². The van der Waals surface area contributed by atoms with Crippen molar-refractivity contribution in [2.24, 2.45) is 0 Å². The van der Waals surface area contributed by atoms with Gasteiger partial charge in [0.25, 0.3) is 0 Å². The lowest BCUT2D eigenvalue weighted by Crippen LogP contribution is -2.32. The minimum absolute atomic E-state index is 0.333. The monoisotopic (exact) mass is 242 g/mol. The van der Waals surface area contributed by atoms with Gasteiger partial charge in [-0.2, -0.15) is 0 Å². The Morgan fingerprint density at radius 1 is 1.11 bits per heavy atom. The van der Waals surface area contributed by atoms with Gasteiger partial charge in [0, 0.05) is 30.7 Å². The highest BCUT2D eigenvalue weighted by Crippen LogP contribution is 2.48. The summed E-state index contributed by atoms with van der Waals surface area (Å²) in [4.78, 5) is 2.39. The number of nitrogens with zero attached hydrogens (tertiary/aromatic N) is 1. The lowest BCUT2D eigenvalue weighted by atomic mass is 9.95. The van der Waals surface area contributed by atoms with E-state index in [0.717, 1.165) is 25.3 Å². The second kappa shape index (κ2) is 5.40. The fraction of sp³-hybridized carbons (Fsp3) is 0.375. The molecule has 2 heteroatoms. The highest BCUT2D eigenvalue weighted by Gasteiger charge is 2.44. The van der Waals surface area contributed by atoms with Crippen LogP contribution in [0.15, 0.2) is 49.6 Å². The molecule has 0 heterocycles. The molecule has 0 radical (unpaired) electrons. The van der Waals surface area contributed by atoms with Gasteiger partial charge in [0.2, 0.25) is 0 Å². The maximum Gasteiger partial charge on any atom is 0.0314 e. The van der Waals surface area contributed by atoms with Crippen LogP contribution in [-0.4, -0.2) is 24.5 Å². The zero-order valence-electron chi connectivity index (χ0n) is 10.9. The Bertz CT molecular complexity index is 405. The number of rotatable bonds is 7. The molecule has 1 aromatic rings. The van der Waals surface area contributed by atoms with Gasteiger partial charge in [0.1, 0.15) is 0 Å². The molecule has 2 rings (SSSR count). The normalized spacial score (nSPS) is 16.5. The van der Waals surface area contributed by atoms with Gasteiger partial charge in [-0.3, -0.25) is 4.90 Å². The standard InChI is InChI=1S/C16H22N2/c1-3-11-18(12-4-2)13-16(9-10-16)14-5-7-15(17)8-6-14/h3-8H,1-2,9-13,17H2. The van der Waals surface area contributed by atoms with Crippen molar-refractivity contribution >= 4 is 5.69 Å². The Hall–Kier alpha value is -1.54. The second-order valence-electron chi connectivity index (χ2n) is 5.17. The van der Waals surface area contributed by atoms with Crippen molar-refractivity contribution in [2.75, 3.05) is 25.4 Å². The van der Waals surface area contributed by atoms with Gasteiger partial charge >= 0.3 is 0 Å². The molecule has 18 heavy (non-hydrogen) atoms. The van der Waals surface area contributed by atoms with E-state index in [1.54, 1.807) is 0 Å². The van der Waals surface area contributed by atoms with Crippen LogP contribution in [-0.2, 0) is 5.41 Å². The van der Waals surface area contributed by atoms with Crippen LogP contribution < -0.4 is 5.73 Å². The summed E-state index contributed by atoms with van der Waals surface area (Å²) in [5, 5.41) is 0. The number of benzene rings is 1. The van der Waals surface area contributed by atoms with E-state index in [1.807, 2.05) is 24.3 Å². The molecule has 1 fully saturated rings. The highest BCUT2D eigenvalue weighted by molar-refractivity contribution is 5.43. The van der Waals surface area contributed by atoms with Crippen molar-refractivity contribution in [1.29, 1.82) is 0 Å². The largest absolute Gasteiger partial charge is 0.399 e. The maximum atomic E-state index is 5.75. The molecule has 2 nitrogen and oxygen atoms in total. The lowest BCUT2D eigenvalue weighted by Gasteiger charge is -2.25. The number of hydrogen-bond donors (Lipinski definition) is 1. The summed E-state index contributed by atoms with van der Waals surface area (Å²) in [6.07, 6.45) is 6.45. The molecule has 0 unspecified atom stereocenters. The Kier molecular flexibility index (Phi) is 3.87. The molecule has 2 N–H and O–H groups in total. The minimum Gasteiger partial charge on any atom is -0.399 e. The number of anilines is 1. The molecule has 0 amide bonds. The van der Waals surface area contributed by atoms with E-state index in [1.165, 1.54) is 18.4 Å². The first kappa shape index (κ1) is 12.9. The van der Waals surface area contributed by atoms with E-state index in [-0.39, 0.29) is 0 Å². The van der Waals surface area contributed by atoms with Crippen molar-refractivity contribution in [3.63, 3.8) is 0 Å². The molecular formula is C16H22N2. The summed E-state index contributed by atoms with van der Waals surface area (Å²) in [7, 11) is 0. The van der Waals surface area contributed by atoms with Crippen LogP contribution in [0, 0.1) is 0 Å². The molecule has 0 saturated heterocycles. The summed E-state index contributed by atoms with van der Waals surface area (Å²) in [6, 6.07) is 8.34. The number of nitrogens with two attached hydrogens (primary N) is 1. The first-order chi connectivity index (χ1) is 8.70. The van der Waals surface area contributed by atoms with E-state index in [0.29, 0.717) is 5.41 Å². The highest BCUT2D eigenvalue weighted by atomic mass is 15.1. The van der Waals surface area contributed by atoms with Gasteiger partial charge in [-0.05, 0) is 30.5 Å². The molecule has 1 aliphatic carbocycles. The zero-order valence-corrected chi connectivity index (χ0v) is 10.9. The van der Waals surface area contributed by atoms with Gasteiger partial charge in [0.05, 0.1) is 0 Å². The van der Waals surface area contributed by atoms with Gasteiger partial charge in [-0.1, -0.05) is 24.3 Å². The third-order valence-corrected chi connectivity index (χ3v) is 3.68. The van der Waals surface area contributed by atoms with E-state index in [2.05, 4.69) is 30.2 Å². The summed E-state index contributed by atoms with van der Waals surface area (Å²) >= 11 is 0. The summed E-state index contributed by atoms with van der Waals surface area (Å²) < 4.78 is 0. The lowest BCUT2D eigenvalue weighted by molar-refractivity contribution is 0.302. The molecule has 1 saturated carbocycles. The summed E-state index contributed by atoms with van der Waals surface area (Å²) in [6.45, 7) is 10.6. The van der Waals surface area contributed by atoms with Gasteiger partial charge < -0.3 is 5.73 Å². The van der Waals surface area contributed by atoms with Crippen LogP contribution in [0.25, 0.3) is 0 Å². The number of nitrogen functional groups attached to an aromatic ring is 1. The van der Waals surface area contributed by atoms with Gasteiger partial charge in [-0.25, -0.2) is 0 Å². The Morgan fingerprint density at radius 2 is 1.67 bits per heavy atom. The summed E-state index contributed by atoms with van der Waals surface area (Å²) in [5.41, 5.74) is 8.33. The molecule has 96 valence electrons. The van der Waals surface area contributed by atoms with Crippen molar-refractivity contribution in [3.8, 4) is 0 Å². The van der Waals surface area contributed by atoms with Gasteiger partial charge in [0.15, 0.2) is 0 Å². The first-order valence-electron chi connectivity index (χ1n) is 6.50. The fourth-order valence-electron chi connectivity index (χ4n) is 2.52. The van der Waals surface area contributed by atoms with Crippen LogP contribution >= 0.6 is 0 Å². The number of hydrogen-bond acceptors (Lipinski definition) is 2. The topological polar surface area (TPSA) is 29.3 Å². The van der Waals surface area contributed by atoms with Crippen molar-refractivity contribution in [1.82, 2.24) is 4.90 Å². The smallest absolute Gasteiger partial charge is 0.0314 e. The van der Waals surface area contributed by atoms with E-state index < -0.39 is 0 Å². The first-order valence-corrected chi connectivity index (χ1v) is 6.50. The molecule has 0 aliphatic heterocycles. The molecule has 1 aromatic carbocycles. The quantitative estimate of drug-likeness (QED) is 0.588. The van der Waals surface area contributed by atoms with Crippen molar-refractivity contribution in [3.05, 3.63) is 55.1 Å². The van der Waals surface area contributed by atoms with Crippen molar-refractivity contribution in [2.45, 2.75) is 18.3 Å². The molecule has 0 aromatic heterocycles. The molecule has 0 bridgehead atoms. The van der Waals surface area contributed by atoms with Crippen LogP contribution in [0.1, 0.15) is 18.4 Å². The fourth-order valence-corrected chi connectivity index (χ4v) is 2.52. The van der Waals surface area contributed by atoms with E-state index >= 15 is 0 Å². The second-order valence-corrected chi connectivity index (χ2v) is 5.17. The molecule has 0 spiro atoms. The Labute approximate surface area is 110 Å². The predicted octanol–water partition coefficient (Wildman–Crippen LogP) is 2.97. The zero-order chi connectivity index (χ0) is 13.0. The minimum atomic E-state index is 0.333.